The summed E-state index contributed by atoms with van der Waals surface area (Å²) < 4.78 is 0. The van der Waals surface area contributed by atoms with Crippen molar-refractivity contribution in [3.8, 4) is 0 Å². The molecule has 0 aliphatic carbocycles. The summed E-state index contributed by atoms with van der Waals surface area (Å²) in [6.07, 6.45) is 2.74. The molecule has 1 saturated heterocycles. The van der Waals surface area contributed by atoms with E-state index >= 15 is 0 Å². The molecule has 0 saturated carbocycles. The topological polar surface area (TPSA) is 33.2 Å². The third-order valence-corrected chi connectivity index (χ3v) is 3.94. The molecule has 0 unspecified atom stereocenters. The van der Waals surface area contributed by atoms with Gasteiger partial charge in [-0.1, -0.05) is 0 Å². The molecule has 1 aromatic heterocycles. The van der Waals surface area contributed by atoms with Crippen LogP contribution in [-0.2, 0) is 17.0 Å². The Morgan fingerprint density at radius 3 is 2.87 bits per heavy atom. The normalized spacial score (nSPS) is 15.9. The molecule has 2 heterocycles. The fourth-order valence-electron chi connectivity index (χ4n) is 1.74. The van der Waals surface area contributed by atoms with E-state index in [9.17, 15) is 4.79 Å². The van der Waals surface area contributed by atoms with Crippen molar-refractivity contribution in [2.24, 2.45) is 0 Å². The summed E-state index contributed by atoms with van der Waals surface area (Å²) in [6, 6.07) is 0. The summed E-state index contributed by atoms with van der Waals surface area (Å²) in [6.45, 7) is 1.84. The average molecular weight is 242 g/mol. The molecule has 1 aliphatic heterocycles. The van der Waals surface area contributed by atoms with Gasteiger partial charge in [-0.25, -0.2) is 4.98 Å². The predicted octanol–water partition coefficient (Wildman–Crippen LogP) is 1.74. The van der Waals surface area contributed by atoms with Gasteiger partial charge in [-0.2, -0.15) is 12.6 Å². The van der Waals surface area contributed by atoms with Crippen molar-refractivity contribution in [2.75, 3.05) is 13.1 Å². The second-order valence-electron chi connectivity index (χ2n) is 3.66. The van der Waals surface area contributed by atoms with Crippen LogP contribution in [0.5, 0.6) is 0 Å². The van der Waals surface area contributed by atoms with Crippen molar-refractivity contribution >= 4 is 29.9 Å². The Bertz CT molecular complexity index is 345. The number of amides is 1. The highest BCUT2D eigenvalue weighted by molar-refractivity contribution is 7.79. The monoisotopic (exact) mass is 242 g/mol. The number of carbonyl (C=O) groups excluding carboxylic acids is 1. The van der Waals surface area contributed by atoms with Gasteiger partial charge in [-0.05, 0) is 12.8 Å². The highest BCUT2D eigenvalue weighted by Crippen LogP contribution is 2.14. The first kappa shape index (κ1) is 11.0. The third kappa shape index (κ3) is 2.72. The number of thiazole rings is 1. The fraction of sp³-hybridized carbons (Fsp3) is 0.600. The van der Waals surface area contributed by atoms with Crippen LogP contribution in [0.1, 0.15) is 23.5 Å². The maximum Gasteiger partial charge on any atom is 0.228 e. The van der Waals surface area contributed by atoms with Crippen LogP contribution in [0.2, 0.25) is 0 Å². The Balaban J connectivity index is 1.92. The lowest BCUT2D eigenvalue weighted by atomic mass is 10.3. The molecule has 1 amide bonds. The molecule has 0 radical (unpaired) electrons. The number of thiol groups is 1. The number of carbonyl (C=O) groups is 1. The van der Waals surface area contributed by atoms with E-state index in [1.54, 1.807) is 11.3 Å². The molecule has 0 spiro atoms. The van der Waals surface area contributed by atoms with E-state index in [4.69, 9.17) is 0 Å². The lowest BCUT2D eigenvalue weighted by Crippen LogP contribution is -2.29. The molecule has 0 bridgehead atoms. The Kier molecular flexibility index (Phi) is 3.64. The number of hydrogen-bond acceptors (Lipinski definition) is 4. The first-order valence-electron chi connectivity index (χ1n) is 5.11. The van der Waals surface area contributed by atoms with Crippen LogP contribution >= 0.6 is 24.0 Å². The van der Waals surface area contributed by atoms with Gasteiger partial charge in [0.1, 0.15) is 5.01 Å². The highest BCUT2D eigenvalue weighted by Gasteiger charge is 2.18. The largest absolute Gasteiger partial charge is 0.342 e. The summed E-state index contributed by atoms with van der Waals surface area (Å²) in [5.41, 5.74) is 0.890. The van der Waals surface area contributed by atoms with Crippen LogP contribution in [-0.4, -0.2) is 28.9 Å². The van der Waals surface area contributed by atoms with Gasteiger partial charge in [0.15, 0.2) is 0 Å². The maximum atomic E-state index is 11.8. The smallest absolute Gasteiger partial charge is 0.228 e. The van der Waals surface area contributed by atoms with Gasteiger partial charge < -0.3 is 4.90 Å². The van der Waals surface area contributed by atoms with Crippen LogP contribution in [0.3, 0.4) is 0 Å². The molecule has 0 aromatic carbocycles. The maximum absolute atomic E-state index is 11.8. The van der Waals surface area contributed by atoms with Crippen molar-refractivity contribution in [2.45, 2.75) is 25.0 Å². The lowest BCUT2D eigenvalue weighted by molar-refractivity contribution is -0.129. The van der Waals surface area contributed by atoms with Gasteiger partial charge >= 0.3 is 0 Å². The van der Waals surface area contributed by atoms with Gasteiger partial charge in [0.25, 0.3) is 0 Å². The molecule has 1 aliphatic rings. The Morgan fingerprint density at radius 1 is 1.53 bits per heavy atom. The molecule has 3 nitrogen and oxygen atoms in total. The Hall–Kier alpha value is -0.550. The lowest BCUT2D eigenvalue weighted by Gasteiger charge is -2.13. The van der Waals surface area contributed by atoms with E-state index in [1.165, 1.54) is 0 Å². The summed E-state index contributed by atoms with van der Waals surface area (Å²) in [7, 11) is 0. The first-order valence-corrected chi connectivity index (χ1v) is 6.62. The molecule has 2 rings (SSSR count). The van der Waals surface area contributed by atoms with E-state index in [0.717, 1.165) is 36.6 Å². The first-order chi connectivity index (χ1) is 7.29. The van der Waals surface area contributed by atoms with Gasteiger partial charge in [0.05, 0.1) is 12.1 Å². The molecule has 5 heteroatoms. The number of hydrogen-bond donors (Lipinski definition) is 1. The molecule has 1 aromatic rings. The van der Waals surface area contributed by atoms with Crippen LogP contribution in [0, 0.1) is 0 Å². The van der Waals surface area contributed by atoms with E-state index in [1.807, 2.05) is 10.3 Å². The van der Waals surface area contributed by atoms with Gasteiger partial charge in [0.2, 0.25) is 5.91 Å². The Morgan fingerprint density at radius 2 is 2.27 bits per heavy atom. The summed E-state index contributed by atoms with van der Waals surface area (Å²) in [5, 5.41) is 2.95. The number of nitrogens with zero attached hydrogens (tertiary/aromatic N) is 2. The van der Waals surface area contributed by atoms with Gasteiger partial charge in [0, 0.05) is 24.2 Å². The van der Waals surface area contributed by atoms with Crippen molar-refractivity contribution in [1.29, 1.82) is 0 Å². The van der Waals surface area contributed by atoms with E-state index in [-0.39, 0.29) is 5.91 Å². The van der Waals surface area contributed by atoms with Gasteiger partial charge in [-0.15, -0.1) is 11.3 Å². The molecule has 0 atom stereocenters. The van der Waals surface area contributed by atoms with E-state index < -0.39 is 0 Å². The van der Waals surface area contributed by atoms with Crippen molar-refractivity contribution in [3.63, 3.8) is 0 Å². The fourth-order valence-corrected chi connectivity index (χ4v) is 2.68. The van der Waals surface area contributed by atoms with Crippen molar-refractivity contribution in [3.05, 3.63) is 16.1 Å². The third-order valence-electron chi connectivity index (χ3n) is 2.53. The second-order valence-corrected chi connectivity index (χ2v) is 4.91. The SMILES string of the molecule is O=C(Cc1csc(CS)n1)N1CCCC1. The summed E-state index contributed by atoms with van der Waals surface area (Å²) in [5.74, 6) is 0.867. The summed E-state index contributed by atoms with van der Waals surface area (Å²) in [4.78, 5) is 18.0. The van der Waals surface area contributed by atoms with Crippen molar-refractivity contribution < 1.29 is 4.79 Å². The Labute approximate surface area is 98.9 Å². The molecule has 15 heavy (non-hydrogen) atoms. The van der Waals surface area contributed by atoms with E-state index in [0.29, 0.717) is 12.2 Å². The second kappa shape index (κ2) is 4.99. The molecule has 0 N–H and O–H groups in total. The van der Waals surface area contributed by atoms with Gasteiger partial charge in [-0.3, -0.25) is 4.79 Å². The number of aromatic nitrogens is 1. The number of likely N-dealkylation sites (tertiary alicyclic amines) is 1. The summed E-state index contributed by atoms with van der Waals surface area (Å²) >= 11 is 5.73. The minimum absolute atomic E-state index is 0.212. The van der Waals surface area contributed by atoms with Crippen molar-refractivity contribution in [1.82, 2.24) is 9.88 Å². The zero-order valence-corrected chi connectivity index (χ0v) is 10.2. The predicted molar refractivity (Wildman–Crippen MR) is 64.3 cm³/mol. The van der Waals surface area contributed by atoms with Crippen LogP contribution < -0.4 is 0 Å². The molecular formula is C10H14N2OS2. The minimum Gasteiger partial charge on any atom is -0.342 e. The number of rotatable bonds is 3. The zero-order valence-electron chi connectivity index (χ0n) is 8.48. The quantitative estimate of drug-likeness (QED) is 0.819. The highest BCUT2D eigenvalue weighted by atomic mass is 32.1. The minimum atomic E-state index is 0.212. The van der Waals surface area contributed by atoms with Crippen LogP contribution in [0.15, 0.2) is 5.38 Å². The van der Waals surface area contributed by atoms with Crippen LogP contribution in [0.4, 0.5) is 0 Å². The standard InChI is InChI=1S/C10H14N2OS2/c13-10(12-3-1-2-4-12)5-8-7-15-9(6-14)11-8/h7,14H,1-6H2. The van der Waals surface area contributed by atoms with Crippen LogP contribution in [0.25, 0.3) is 0 Å². The van der Waals surface area contributed by atoms with E-state index in [2.05, 4.69) is 17.6 Å². The molecule has 82 valence electrons. The zero-order chi connectivity index (χ0) is 10.7. The average Bonchev–Trinajstić information content (AvgIpc) is 2.87. The molecule has 1 fully saturated rings. The molecular weight excluding hydrogens is 228 g/mol.